The first kappa shape index (κ1) is 11.4. The Morgan fingerprint density at radius 1 is 1.38 bits per heavy atom. The van der Waals surface area contributed by atoms with E-state index in [0.717, 1.165) is 31.4 Å². The molecule has 16 heavy (non-hydrogen) atoms. The SMILES string of the molecule is NCC1(c2cc(C(F)(F)F)ccn2)CCC1. The van der Waals surface area contributed by atoms with Crippen LogP contribution in [0, 0.1) is 0 Å². The Balaban J connectivity index is 2.36. The summed E-state index contributed by atoms with van der Waals surface area (Å²) in [7, 11) is 0. The maximum absolute atomic E-state index is 12.5. The number of aromatic nitrogens is 1. The van der Waals surface area contributed by atoms with E-state index < -0.39 is 11.7 Å². The topological polar surface area (TPSA) is 38.9 Å². The predicted octanol–water partition coefficient (Wildman–Crippen LogP) is 2.48. The van der Waals surface area contributed by atoms with Gasteiger partial charge in [0.15, 0.2) is 0 Å². The molecule has 2 nitrogen and oxygen atoms in total. The highest BCUT2D eigenvalue weighted by Gasteiger charge is 2.40. The molecule has 2 rings (SSSR count). The highest BCUT2D eigenvalue weighted by atomic mass is 19.4. The molecule has 0 aromatic carbocycles. The number of nitrogens with zero attached hydrogens (tertiary/aromatic N) is 1. The summed E-state index contributed by atoms with van der Waals surface area (Å²) in [5, 5.41) is 0. The van der Waals surface area contributed by atoms with Crippen molar-refractivity contribution in [1.29, 1.82) is 0 Å². The Morgan fingerprint density at radius 3 is 2.50 bits per heavy atom. The van der Waals surface area contributed by atoms with Crippen molar-refractivity contribution in [2.45, 2.75) is 30.9 Å². The maximum Gasteiger partial charge on any atom is 0.416 e. The Bertz CT molecular complexity index is 378. The van der Waals surface area contributed by atoms with Crippen molar-refractivity contribution in [2.24, 2.45) is 5.73 Å². The van der Waals surface area contributed by atoms with Gasteiger partial charge in [0.25, 0.3) is 0 Å². The van der Waals surface area contributed by atoms with Gasteiger partial charge in [0, 0.05) is 23.9 Å². The molecule has 0 atom stereocenters. The maximum atomic E-state index is 12.5. The first-order valence-corrected chi connectivity index (χ1v) is 5.22. The summed E-state index contributed by atoms with van der Waals surface area (Å²) < 4.78 is 37.6. The van der Waals surface area contributed by atoms with E-state index in [-0.39, 0.29) is 5.41 Å². The van der Waals surface area contributed by atoms with E-state index in [1.54, 1.807) is 0 Å². The predicted molar refractivity (Wildman–Crippen MR) is 53.8 cm³/mol. The van der Waals surface area contributed by atoms with E-state index in [1.807, 2.05) is 0 Å². The van der Waals surface area contributed by atoms with Crippen LogP contribution in [0.5, 0.6) is 0 Å². The number of alkyl halides is 3. The lowest BCUT2D eigenvalue weighted by Crippen LogP contribution is -2.42. The lowest BCUT2D eigenvalue weighted by molar-refractivity contribution is -0.137. The summed E-state index contributed by atoms with van der Waals surface area (Å²) in [6, 6.07) is 2.12. The van der Waals surface area contributed by atoms with Crippen LogP contribution >= 0.6 is 0 Å². The van der Waals surface area contributed by atoms with Crippen LogP contribution in [0.2, 0.25) is 0 Å². The summed E-state index contributed by atoms with van der Waals surface area (Å²) in [4.78, 5) is 4.04. The van der Waals surface area contributed by atoms with Crippen LogP contribution in [-0.2, 0) is 11.6 Å². The molecule has 0 amide bonds. The van der Waals surface area contributed by atoms with Crippen LogP contribution in [0.4, 0.5) is 13.2 Å². The van der Waals surface area contributed by atoms with Gasteiger partial charge in [0.2, 0.25) is 0 Å². The molecule has 0 spiro atoms. The molecule has 0 unspecified atom stereocenters. The van der Waals surface area contributed by atoms with E-state index in [4.69, 9.17) is 5.73 Å². The number of nitrogens with two attached hydrogens (primary N) is 1. The number of halogens is 3. The molecule has 0 bridgehead atoms. The zero-order chi connectivity index (χ0) is 11.8. The molecule has 0 saturated heterocycles. The second-order valence-electron chi connectivity index (χ2n) is 4.27. The monoisotopic (exact) mass is 230 g/mol. The van der Waals surface area contributed by atoms with E-state index in [9.17, 15) is 13.2 Å². The molecule has 1 saturated carbocycles. The van der Waals surface area contributed by atoms with Crippen LogP contribution in [0.1, 0.15) is 30.5 Å². The van der Waals surface area contributed by atoms with Gasteiger partial charge in [-0.1, -0.05) is 6.42 Å². The van der Waals surface area contributed by atoms with Gasteiger partial charge >= 0.3 is 6.18 Å². The van der Waals surface area contributed by atoms with E-state index in [0.29, 0.717) is 12.2 Å². The Hall–Kier alpha value is -1.10. The highest BCUT2D eigenvalue weighted by molar-refractivity contribution is 5.27. The molecule has 1 aromatic rings. The van der Waals surface area contributed by atoms with Gasteiger partial charge < -0.3 is 5.73 Å². The summed E-state index contributed by atoms with van der Waals surface area (Å²) in [5.41, 5.74) is 5.16. The molecule has 1 fully saturated rings. The summed E-state index contributed by atoms with van der Waals surface area (Å²) in [6.45, 7) is 0.362. The fourth-order valence-electron chi connectivity index (χ4n) is 2.07. The van der Waals surface area contributed by atoms with Gasteiger partial charge in [-0.15, -0.1) is 0 Å². The first-order valence-electron chi connectivity index (χ1n) is 5.22. The molecule has 0 aliphatic heterocycles. The minimum atomic E-state index is -4.31. The van der Waals surface area contributed by atoms with E-state index >= 15 is 0 Å². The minimum Gasteiger partial charge on any atom is -0.330 e. The summed E-state index contributed by atoms with van der Waals surface area (Å²) >= 11 is 0. The second-order valence-corrected chi connectivity index (χ2v) is 4.27. The van der Waals surface area contributed by atoms with Gasteiger partial charge in [-0.2, -0.15) is 13.2 Å². The highest BCUT2D eigenvalue weighted by Crippen LogP contribution is 2.43. The molecule has 1 heterocycles. The fraction of sp³-hybridized carbons (Fsp3) is 0.545. The molecule has 1 aliphatic carbocycles. The summed E-state index contributed by atoms with van der Waals surface area (Å²) in [6.07, 6.45) is -0.421. The minimum absolute atomic E-state index is 0.318. The van der Waals surface area contributed by atoms with Gasteiger partial charge in [-0.3, -0.25) is 4.98 Å². The van der Waals surface area contributed by atoms with Gasteiger partial charge in [-0.05, 0) is 25.0 Å². The lowest BCUT2D eigenvalue weighted by Gasteiger charge is -2.40. The summed E-state index contributed by atoms with van der Waals surface area (Å²) in [5.74, 6) is 0. The van der Waals surface area contributed by atoms with E-state index in [1.165, 1.54) is 6.20 Å². The smallest absolute Gasteiger partial charge is 0.330 e. The molecule has 1 aliphatic rings. The molecule has 2 N–H and O–H groups in total. The third kappa shape index (κ3) is 1.80. The third-order valence-corrected chi connectivity index (χ3v) is 3.33. The van der Waals surface area contributed by atoms with E-state index in [2.05, 4.69) is 4.98 Å². The van der Waals surface area contributed by atoms with Gasteiger partial charge in [0.05, 0.1) is 5.56 Å². The quantitative estimate of drug-likeness (QED) is 0.847. The van der Waals surface area contributed by atoms with Crippen LogP contribution in [0.15, 0.2) is 18.3 Å². The van der Waals surface area contributed by atoms with Gasteiger partial charge in [0.1, 0.15) is 0 Å². The Labute approximate surface area is 91.7 Å². The number of pyridine rings is 1. The molecule has 0 radical (unpaired) electrons. The average Bonchev–Trinajstić information content (AvgIpc) is 2.16. The van der Waals surface area contributed by atoms with Crippen molar-refractivity contribution in [3.8, 4) is 0 Å². The molecule has 5 heteroatoms. The lowest BCUT2D eigenvalue weighted by atomic mass is 9.66. The van der Waals surface area contributed by atoms with Crippen LogP contribution in [0.25, 0.3) is 0 Å². The first-order chi connectivity index (χ1) is 7.48. The van der Waals surface area contributed by atoms with Crippen molar-refractivity contribution >= 4 is 0 Å². The molecule has 1 aromatic heterocycles. The Kier molecular flexibility index (Phi) is 2.66. The number of hydrogen-bond donors (Lipinski definition) is 1. The Morgan fingerprint density at radius 2 is 2.06 bits per heavy atom. The van der Waals surface area contributed by atoms with Gasteiger partial charge in [-0.25, -0.2) is 0 Å². The van der Waals surface area contributed by atoms with Crippen LogP contribution < -0.4 is 5.73 Å². The fourth-order valence-corrected chi connectivity index (χ4v) is 2.07. The number of rotatable bonds is 2. The largest absolute Gasteiger partial charge is 0.416 e. The third-order valence-electron chi connectivity index (χ3n) is 3.33. The molecular weight excluding hydrogens is 217 g/mol. The standard InChI is InChI=1S/C11H13F3N2/c12-11(13,14)8-2-5-16-9(6-8)10(7-15)3-1-4-10/h2,5-6H,1,3-4,7,15H2. The molecular formula is C11H13F3N2. The van der Waals surface area contributed by atoms with Crippen LogP contribution in [0.3, 0.4) is 0 Å². The number of hydrogen-bond acceptors (Lipinski definition) is 2. The van der Waals surface area contributed by atoms with Crippen molar-refractivity contribution in [3.05, 3.63) is 29.6 Å². The van der Waals surface area contributed by atoms with Crippen LogP contribution in [-0.4, -0.2) is 11.5 Å². The second kappa shape index (κ2) is 3.73. The van der Waals surface area contributed by atoms with Crippen molar-refractivity contribution in [2.75, 3.05) is 6.54 Å². The molecule has 88 valence electrons. The van der Waals surface area contributed by atoms with Crippen molar-refractivity contribution < 1.29 is 13.2 Å². The normalized spacial score (nSPS) is 19.2. The van der Waals surface area contributed by atoms with Crippen molar-refractivity contribution in [1.82, 2.24) is 4.98 Å². The van der Waals surface area contributed by atoms with Crippen molar-refractivity contribution in [3.63, 3.8) is 0 Å². The zero-order valence-electron chi connectivity index (χ0n) is 8.72. The average molecular weight is 230 g/mol. The zero-order valence-corrected chi connectivity index (χ0v) is 8.72.